The molecule has 0 aliphatic heterocycles. The molecule has 6 heteroatoms. The Kier molecular flexibility index (Phi) is 6.00. The number of nitrogens with one attached hydrogen (secondary N) is 1. The lowest BCUT2D eigenvalue weighted by atomic mass is 9.84. The molecular weight excluding hydrogens is 437 g/mol. The van der Waals surface area contributed by atoms with E-state index in [2.05, 4.69) is 43.8 Å². The van der Waals surface area contributed by atoms with Crippen molar-refractivity contribution in [1.82, 2.24) is 5.32 Å². The van der Waals surface area contributed by atoms with Crippen LogP contribution in [0.15, 0.2) is 22.7 Å². The highest BCUT2D eigenvalue weighted by atomic mass is 127. The molecule has 1 atom stereocenters. The van der Waals surface area contributed by atoms with E-state index in [9.17, 15) is 9.59 Å². The van der Waals surface area contributed by atoms with Crippen molar-refractivity contribution in [3.63, 3.8) is 0 Å². The van der Waals surface area contributed by atoms with Crippen molar-refractivity contribution in [3.05, 3.63) is 31.8 Å². The number of amides is 1. The van der Waals surface area contributed by atoms with Gasteiger partial charge < -0.3 is 10.4 Å². The Morgan fingerprint density at radius 2 is 2.00 bits per heavy atom. The van der Waals surface area contributed by atoms with E-state index in [1.165, 1.54) is 0 Å². The standard InChI is InChI=1S/C14H17BrINO3/c1-14(2,3)11(7-12(18)19)17-13(20)9-6-8(16)4-5-10(9)15/h4-6,11H,7H2,1-3H3,(H,17,20)(H,18,19). The first-order valence-electron chi connectivity index (χ1n) is 6.09. The van der Waals surface area contributed by atoms with Crippen LogP contribution in [0.2, 0.25) is 0 Å². The van der Waals surface area contributed by atoms with E-state index in [1.54, 1.807) is 12.1 Å². The molecule has 1 rings (SSSR count). The van der Waals surface area contributed by atoms with Crippen LogP contribution in [0.3, 0.4) is 0 Å². The van der Waals surface area contributed by atoms with E-state index in [-0.39, 0.29) is 17.7 Å². The minimum atomic E-state index is -0.924. The quantitative estimate of drug-likeness (QED) is 0.683. The second-order valence-corrected chi connectivity index (χ2v) is 7.71. The predicted octanol–water partition coefficient (Wildman–Crippen LogP) is 3.67. The number of carbonyl (C=O) groups is 2. The van der Waals surface area contributed by atoms with Crippen LogP contribution in [0.25, 0.3) is 0 Å². The Bertz CT molecular complexity index is 526. The predicted molar refractivity (Wildman–Crippen MR) is 89.8 cm³/mol. The number of aliphatic carboxylic acids is 1. The molecule has 0 spiro atoms. The van der Waals surface area contributed by atoms with E-state index in [0.29, 0.717) is 10.0 Å². The zero-order valence-corrected chi connectivity index (χ0v) is 15.3. The molecule has 2 N–H and O–H groups in total. The molecule has 4 nitrogen and oxygen atoms in total. The van der Waals surface area contributed by atoms with Crippen LogP contribution in [0, 0.1) is 8.99 Å². The monoisotopic (exact) mass is 453 g/mol. The van der Waals surface area contributed by atoms with Crippen molar-refractivity contribution < 1.29 is 14.7 Å². The Morgan fingerprint density at radius 1 is 1.40 bits per heavy atom. The number of carboxylic acids is 1. The molecule has 1 aromatic rings. The molecule has 0 aromatic heterocycles. The van der Waals surface area contributed by atoms with Gasteiger partial charge in [-0.1, -0.05) is 20.8 Å². The number of halogens is 2. The molecule has 1 aromatic carbocycles. The van der Waals surface area contributed by atoms with Crippen molar-refractivity contribution in [3.8, 4) is 0 Å². The maximum Gasteiger partial charge on any atom is 0.305 e. The van der Waals surface area contributed by atoms with Crippen molar-refractivity contribution >= 4 is 50.4 Å². The fraction of sp³-hybridized carbons (Fsp3) is 0.429. The van der Waals surface area contributed by atoms with Gasteiger partial charge in [-0.05, 0) is 62.1 Å². The third-order valence-electron chi connectivity index (χ3n) is 2.90. The van der Waals surface area contributed by atoms with E-state index in [0.717, 1.165) is 3.57 Å². The summed E-state index contributed by atoms with van der Waals surface area (Å²) in [5.74, 6) is -1.19. The highest BCUT2D eigenvalue weighted by Gasteiger charge is 2.29. The Balaban J connectivity index is 2.96. The SMILES string of the molecule is CC(C)(C)C(CC(=O)O)NC(=O)c1cc(I)ccc1Br. The summed E-state index contributed by atoms with van der Waals surface area (Å²) in [5.41, 5.74) is 0.180. The summed E-state index contributed by atoms with van der Waals surface area (Å²) in [4.78, 5) is 23.3. The zero-order valence-electron chi connectivity index (χ0n) is 11.5. The summed E-state index contributed by atoms with van der Waals surface area (Å²) < 4.78 is 1.64. The van der Waals surface area contributed by atoms with Gasteiger partial charge in [0.05, 0.1) is 12.0 Å². The van der Waals surface area contributed by atoms with Gasteiger partial charge in [0.1, 0.15) is 0 Å². The van der Waals surface area contributed by atoms with Crippen LogP contribution in [-0.2, 0) is 4.79 Å². The summed E-state index contributed by atoms with van der Waals surface area (Å²) in [5, 5.41) is 11.8. The first kappa shape index (κ1) is 17.4. The van der Waals surface area contributed by atoms with Gasteiger partial charge in [0, 0.05) is 14.1 Å². The molecule has 0 aliphatic rings. The van der Waals surface area contributed by atoms with Gasteiger partial charge in [-0.15, -0.1) is 0 Å². The Hall–Kier alpha value is -0.630. The lowest BCUT2D eigenvalue weighted by Crippen LogP contribution is -2.45. The molecule has 0 bridgehead atoms. The lowest BCUT2D eigenvalue weighted by molar-refractivity contribution is -0.138. The van der Waals surface area contributed by atoms with Crippen molar-refractivity contribution in [1.29, 1.82) is 0 Å². The second kappa shape index (κ2) is 6.89. The van der Waals surface area contributed by atoms with Gasteiger partial charge in [0.25, 0.3) is 5.91 Å². The molecule has 0 aliphatic carbocycles. The minimum Gasteiger partial charge on any atom is -0.481 e. The number of benzene rings is 1. The second-order valence-electron chi connectivity index (χ2n) is 5.61. The Labute approximate surface area is 140 Å². The van der Waals surface area contributed by atoms with Gasteiger partial charge in [0.15, 0.2) is 0 Å². The molecule has 0 saturated carbocycles. The fourth-order valence-electron chi connectivity index (χ4n) is 1.66. The van der Waals surface area contributed by atoms with Crippen molar-refractivity contribution in [2.75, 3.05) is 0 Å². The van der Waals surface area contributed by atoms with E-state index < -0.39 is 12.0 Å². The first-order chi connectivity index (χ1) is 9.11. The maximum absolute atomic E-state index is 12.3. The smallest absolute Gasteiger partial charge is 0.305 e. The first-order valence-corrected chi connectivity index (χ1v) is 7.96. The molecule has 110 valence electrons. The number of hydrogen-bond acceptors (Lipinski definition) is 2. The van der Waals surface area contributed by atoms with Gasteiger partial charge in [-0.2, -0.15) is 0 Å². The molecular formula is C14H17BrINO3. The molecule has 1 amide bonds. The fourth-order valence-corrected chi connectivity index (χ4v) is 2.57. The molecule has 0 fully saturated rings. The molecule has 0 saturated heterocycles. The van der Waals surface area contributed by atoms with E-state index >= 15 is 0 Å². The molecule has 0 radical (unpaired) electrons. The van der Waals surface area contributed by atoms with E-state index in [4.69, 9.17) is 5.11 Å². The number of rotatable bonds is 4. The number of carboxylic acid groups (broad SMARTS) is 1. The summed E-state index contributed by atoms with van der Waals surface area (Å²) in [7, 11) is 0. The lowest BCUT2D eigenvalue weighted by Gasteiger charge is -2.30. The topological polar surface area (TPSA) is 66.4 Å². The maximum atomic E-state index is 12.3. The summed E-state index contributed by atoms with van der Waals surface area (Å²) in [6.45, 7) is 5.72. The number of hydrogen-bond donors (Lipinski definition) is 2. The van der Waals surface area contributed by atoms with Crippen molar-refractivity contribution in [2.24, 2.45) is 5.41 Å². The highest BCUT2D eigenvalue weighted by molar-refractivity contribution is 14.1. The van der Waals surface area contributed by atoms with Gasteiger partial charge in [0.2, 0.25) is 0 Å². The average molecular weight is 454 g/mol. The largest absolute Gasteiger partial charge is 0.481 e. The van der Waals surface area contributed by atoms with Crippen LogP contribution in [0.5, 0.6) is 0 Å². The van der Waals surface area contributed by atoms with Crippen molar-refractivity contribution in [2.45, 2.75) is 33.2 Å². The van der Waals surface area contributed by atoms with Gasteiger partial charge >= 0.3 is 5.97 Å². The van der Waals surface area contributed by atoms with Crippen LogP contribution in [0.4, 0.5) is 0 Å². The van der Waals surface area contributed by atoms with Gasteiger partial charge in [-0.25, -0.2) is 0 Å². The third-order valence-corrected chi connectivity index (χ3v) is 4.26. The highest BCUT2D eigenvalue weighted by Crippen LogP contribution is 2.24. The summed E-state index contributed by atoms with van der Waals surface area (Å²) >= 11 is 5.47. The Morgan fingerprint density at radius 3 is 2.50 bits per heavy atom. The van der Waals surface area contributed by atoms with Gasteiger partial charge in [-0.3, -0.25) is 9.59 Å². The van der Waals surface area contributed by atoms with Crippen LogP contribution < -0.4 is 5.32 Å². The molecule has 1 unspecified atom stereocenters. The number of carbonyl (C=O) groups excluding carboxylic acids is 1. The minimum absolute atomic E-state index is 0.100. The summed E-state index contributed by atoms with van der Waals surface area (Å²) in [6, 6.07) is 5.03. The molecule has 0 heterocycles. The average Bonchev–Trinajstić information content (AvgIpc) is 2.29. The normalized spacial score (nSPS) is 12.8. The van der Waals surface area contributed by atoms with Crippen LogP contribution in [-0.4, -0.2) is 23.0 Å². The van der Waals surface area contributed by atoms with E-state index in [1.807, 2.05) is 26.8 Å². The molecule has 20 heavy (non-hydrogen) atoms. The van der Waals surface area contributed by atoms with Crippen LogP contribution >= 0.6 is 38.5 Å². The zero-order chi connectivity index (χ0) is 15.5. The third kappa shape index (κ3) is 5.05. The summed E-state index contributed by atoms with van der Waals surface area (Å²) in [6.07, 6.45) is -0.100. The van der Waals surface area contributed by atoms with Crippen LogP contribution in [0.1, 0.15) is 37.6 Å².